The van der Waals surface area contributed by atoms with E-state index in [-0.39, 0.29) is 0 Å². The minimum atomic E-state index is 0.751. The van der Waals surface area contributed by atoms with E-state index in [1.54, 1.807) is 26.0 Å². The van der Waals surface area contributed by atoms with Crippen LogP contribution in [-0.2, 0) is 5.75 Å². The Bertz CT molecular complexity index is 599. The highest BCUT2D eigenvalue weighted by atomic mass is 32.2. The molecular weight excluding hydrogens is 270 g/mol. The molecule has 0 atom stereocenters. The van der Waals surface area contributed by atoms with E-state index >= 15 is 0 Å². The Labute approximate surface area is 124 Å². The van der Waals surface area contributed by atoms with Crippen molar-refractivity contribution in [3.05, 3.63) is 47.5 Å². The molecule has 3 nitrogen and oxygen atoms in total. The number of anilines is 1. The first-order chi connectivity index (χ1) is 9.65. The lowest BCUT2D eigenvalue weighted by Gasteiger charge is -2.11. The number of ether oxygens (including phenoxy) is 2. The Balaban J connectivity index is 2.13. The quantitative estimate of drug-likeness (QED) is 0.670. The number of hydrogen-bond acceptors (Lipinski definition) is 4. The third kappa shape index (κ3) is 3.20. The van der Waals surface area contributed by atoms with Gasteiger partial charge in [-0.2, -0.15) is 0 Å². The normalized spacial score (nSPS) is 10.3. The highest BCUT2D eigenvalue weighted by molar-refractivity contribution is 7.98. The van der Waals surface area contributed by atoms with E-state index in [0.29, 0.717) is 0 Å². The summed E-state index contributed by atoms with van der Waals surface area (Å²) in [6.45, 7) is 2.05. The van der Waals surface area contributed by atoms with Crippen LogP contribution in [0, 0.1) is 6.92 Å². The topological polar surface area (TPSA) is 44.5 Å². The van der Waals surface area contributed by atoms with Crippen molar-refractivity contribution < 1.29 is 9.47 Å². The summed E-state index contributed by atoms with van der Waals surface area (Å²) < 4.78 is 10.6. The standard InChI is InChI=1S/C16H19NO2S/c1-11-13(17)5-4-6-16(11)20-10-12-7-8-14(18-2)15(9-12)19-3/h4-9H,10,17H2,1-3H3. The minimum Gasteiger partial charge on any atom is -0.493 e. The number of methoxy groups -OCH3 is 2. The van der Waals surface area contributed by atoms with Crippen LogP contribution in [-0.4, -0.2) is 14.2 Å². The van der Waals surface area contributed by atoms with Crippen LogP contribution < -0.4 is 15.2 Å². The molecular formula is C16H19NO2S. The molecule has 2 rings (SSSR count). The monoisotopic (exact) mass is 289 g/mol. The maximum absolute atomic E-state index is 5.92. The Kier molecular flexibility index (Phi) is 4.79. The number of nitrogens with two attached hydrogens (primary N) is 1. The van der Waals surface area contributed by atoms with Crippen LogP contribution in [0.5, 0.6) is 11.5 Å². The summed E-state index contributed by atoms with van der Waals surface area (Å²) in [4.78, 5) is 1.21. The van der Waals surface area contributed by atoms with Crippen molar-refractivity contribution in [2.75, 3.05) is 20.0 Å². The summed E-state index contributed by atoms with van der Waals surface area (Å²) in [6, 6.07) is 12.0. The molecule has 2 aromatic rings. The van der Waals surface area contributed by atoms with Crippen molar-refractivity contribution in [1.29, 1.82) is 0 Å². The molecule has 0 aromatic heterocycles. The SMILES string of the molecule is COc1ccc(CSc2cccc(N)c2C)cc1OC. The molecule has 0 bridgehead atoms. The van der Waals surface area contributed by atoms with E-state index < -0.39 is 0 Å². The van der Waals surface area contributed by atoms with Gasteiger partial charge in [0.15, 0.2) is 11.5 Å². The number of hydrogen-bond donors (Lipinski definition) is 1. The lowest BCUT2D eigenvalue weighted by molar-refractivity contribution is 0.354. The van der Waals surface area contributed by atoms with Gasteiger partial charge in [-0.3, -0.25) is 0 Å². The van der Waals surface area contributed by atoms with Gasteiger partial charge in [0.25, 0.3) is 0 Å². The van der Waals surface area contributed by atoms with E-state index in [1.807, 2.05) is 31.2 Å². The lowest BCUT2D eigenvalue weighted by Crippen LogP contribution is -1.93. The second-order valence-corrected chi connectivity index (χ2v) is 5.47. The predicted molar refractivity (Wildman–Crippen MR) is 84.7 cm³/mol. The minimum absolute atomic E-state index is 0.751. The molecule has 0 aliphatic heterocycles. The van der Waals surface area contributed by atoms with Crippen molar-refractivity contribution in [1.82, 2.24) is 0 Å². The molecule has 0 aliphatic rings. The van der Waals surface area contributed by atoms with E-state index in [9.17, 15) is 0 Å². The Morgan fingerprint density at radius 1 is 1.05 bits per heavy atom. The van der Waals surface area contributed by atoms with Gasteiger partial charge in [-0.05, 0) is 42.3 Å². The van der Waals surface area contributed by atoms with Gasteiger partial charge in [0.1, 0.15) is 0 Å². The number of thioether (sulfide) groups is 1. The summed E-state index contributed by atoms with van der Waals surface area (Å²) in [5.41, 5.74) is 9.09. The van der Waals surface area contributed by atoms with Crippen LogP contribution in [0.1, 0.15) is 11.1 Å². The molecule has 4 heteroatoms. The molecule has 20 heavy (non-hydrogen) atoms. The van der Waals surface area contributed by atoms with E-state index in [1.165, 1.54) is 10.5 Å². The second kappa shape index (κ2) is 6.57. The first-order valence-electron chi connectivity index (χ1n) is 6.34. The van der Waals surface area contributed by atoms with Crippen molar-refractivity contribution in [2.45, 2.75) is 17.6 Å². The highest BCUT2D eigenvalue weighted by Gasteiger charge is 2.06. The van der Waals surface area contributed by atoms with Crippen molar-refractivity contribution >= 4 is 17.4 Å². The largest absolute Gasteiger partial charge is 0.493 e. The van der Waals surface area contributed by atoms with Crippen molar-refractivity contribution in [3.63, 3.8) is 0 Å². The summed E-state index contributed by atoms with van der Waals surface area (Å²) >= 11 is 1.77. The predicted octanol–water partition coefficient (Wildman–Crippen LogP) is 3.89. The van der Waals surface area contributed by atoms with Gasteiger partial charge in [-0.1, -0.05) is 12.1 Å². The molecule has 0 radical (unpaired) electrons. The summed E-state index contributed by atoms with van der Waals surface area (Å²) in [5.74, 6) is 2.38. The summed E-state index contributed by atoms with van der Waals surface area (Å²) in [7, 11) is 3.29. The Hall–Kier alpha value is -1.81. The van der Waals surface area contributed by atoms with Gasteiger partial charge in [0.2, 0.25) is 0 Å². The number of rotatable bonds is 5. The number of benzene rings is 2. The first-order valence-corrected chi connectivity index (χ1v) is 7.33. The van der Waals surface area contributed by atoms with Crippen LogP contribution in [0.4, 0.5) is 5.69 Å². The molecule has 0 amide bonds. The zero-order valence-corrected chi connectivity index (χ0v) is 12.8. The molecule has 0 saturated heterocycles. The van der Waals surface area contributed by atoms with Crippen LogP contribution in [0.2, 0.25) is 0 Å². The van der Waals surface area contributed by atoms with Crippen molar-refractivity contribution in [2.24, 2.45) is 0 Å². The van der Waals surface area contributed by atoms with Gasteiger partial charge in [0.05, 0.1) is 14.2 Å². The van der Waals surface area contributed by atoms with Gasteiger partial charge in [0, 0.05) is 16.3 Å². The van der Waals surface area contributed by atoms with Gasteiger partial charge >= 0.3 is 0 Å². The maximum atomic E-state index is 5.92. The fourth-order valence-corrected chi connectivity index (χ4v) is 2.93. The average molecular weight is 289 g/mol. The third-order valence-electron chi connectivity index (χ3n) is 3.17. The van der Waals surface area contributed by atoms with Gasteiger partial charge in [-0.15, -0.1) is 11.8 Å². The molecule has 0 aliphatic carbocycles. The molecule has 2 N–H and O–H groups in total. The smallest absolute Gasteiger partial charge is 0.161 e. The molecule has 2 aromatic carbocycles. The average Bonchev–Trinajstić information content (AvgIpc) is 2.48. The zero-order valence-electron chi connectivity index (χ0n) is 12.0. The molecule has 0 saturated carbocycles. The van der Waals surface area contributed by atoms with Crippen molar-refractivity contribution in [3.8, 4) is 11.5 Å². The van der Waals surface area contributed by atoms with Crippen LogP contribution in [0.25, 0.3) is 0 Å². The summed E-state index contributed by atoms with van der Waals surface area (Å²) in [6.07, 6.45) is 0. The fraction of sp³-hybridized carbons (Fsp3) is 0.250. The third-order valence-corrected chi connectivity index (χ3v) is 4.40. The van der Waals surface area contributed by atoms with Gasteiger partial charge < -0.3 is 15.2 Å². The molecule has 0 unspecified atom stereocenters. The molecule has 0 spiro atoms. The molecule has 0 fully saturated rings. The second-order valence-electron chi connectivity index (χ2n) is 4.45. The first kappa shape index (κ1) is 14.6. The van der Waals surface area contributed by atoms with E-state index in [2.05, 4.69) is 12.1 Å². The molecule has 0 heterocycles. The Morgan fingerprint density at radius 3 is 2.50 bits per heavy atom. The van der Waals surface area contributed by atoms with Gasteiger partial charge in [-0.25, -0.2) is 0 Å². The fourth-order valence-electron chi connectivity index (χ4n) is 1.92. The van der Waals surface area contributed by atoms with E-state index in [4.69, 9.17) is 15.2 Å². The highest BCUT2D eigenvalue weighted by Crippen LogP contribution is 2.32. The molecule has 106 valence electrons. The van der Waals surface area contributed by atoms with Crippen LogP contribution >= 0.6 is 11.8 Å². The number of nitrogen functional groups attached to an aromatic ring is 1. The maximum Gasteiger partial charge on any atom is 0.161 e. The zero-order chi connectivity index (χ0) is 14.5. The van der Waals surface area contributed by atoms with Crippen LogP contribution in [0.15, 0.2) is 41.3 Å². The summed E-state index contributed by atoms with van der Waals surface area (Å²) in [5, 5.41) is 0. The van der Waals surface area contributed by atoms with E-state index in [0.717, 1.165) is 28.5 Å². The van der Waals surface area contributed by atoms with Crippen LogP contribution in [0.3, 0.4) is 0 Å². The lowest BCUT2D eigenvalue weighted by atomic mass is 10.2. The Morgan fingerprint density at radius 2 is 1.80 bits per heavy atom.